The van der Waals surface area contributed by atoms with Crippen LogP contribution in [0.3, 0.4) is 0 Å². The van der Waals surface area contributed by atoms with Crippen LogP contribution < -0.4 is 0 Å². The van der Waals surface area contributed by atoms with Crippen molar-refractivity contribution in [2.45, 2.75) is 25.7 Å². The number of halogens is 1. The van der Waals surface area contributed by atoms with E-state index in [0.717, 1.165) is 6.42 Å². The molecule has 0 aliphatic rings. The molecule has 0 amide bonds. The number of terminal acetylenes is 1. The van der Waals surface area contributed by atoms with E-state index in [9.17, 15) is 0 Å². The van der Waals surface area contributed by atoms with E-state index in [1.165, 1.54) is 23.7 Å². The van der Waals surface area contributed by atoms with Crippen molar-refractivity contribution in [1.29, 1.82) is 0 Å². The maximum Gasteiger partial charge on any atom is 0.00860 e. The Labute approximate surface area is 65.2 Å². The standard InChI is InChI=1S/C7H11I/c1-2-3-4-5-6-7-8/h1H,3-7H2. The molecule has 0 radical (unpaired) electrons. The molecule has 0 aromatic heterocycles. The molecule has 0 rings (SSSR count). The van der Waals surface area contributed by atoms with Crippen LogP contribution in [-0.2, 0) is 0 Å². The molecule has 1 heteroatoms. The summed E-state index contributed by atoms with van der Waals surface area (Å²) in [6.45, 7) is 0. The van der Waals surface area contributed by atoms with Gasteiger partial charge in [0, 0.05) is 6.42 Å². The van der Waals surface area contributed by atoms with Gasteiger partial charge in [-0.25, -0.2) is 0 Å². The van der Waals surface area contributed by atoms with Crippen molar-refractivity contribution in [3.8, 4) is 12.3 Å². The lowest BCUT2D eigenvalue weighted by Crippen LogP contribution is -1.75. The molecule has 0 unspecified atom stereocenters. The van der Waals surface area contributed by atoms with E-state index in [-0.39, 0.29) is 0 Å². The van der Waals surface area contributed by atoms with E-state index in [0.29, 0.717) is 0 Å². The van der Waals surface area contributed by atoms with Gasteiger partial charge in [0.15, 0.2) is 0 Å². The Bertz CT molecular complexity index is 70.9. The lowest BCUT2D eigenvalue weighted by Gasteiger charge is -1.89. The smallest absolute Gasteiger partial charge is 0.00860 e. The number of hydrogen-bond acceptors (Lipinski definition) is 0. The van der Waals surface area contributed by atoms with Crippen molar-refractivity contribution < 1.29 is 0 Å². The van der Waals surface area contributed by atoms with Crippen molar-refractivity contribution in [2.75, 3.05) is 4.43 Å². The van der Waals surface area contributed by atoms with Gasteiger partial charge in [-0.3, -0.25) is 0 Å². The molecule has 0 aliphatic carbocycles. The Hall–Kier alpha value is 0.290. The minimum atomic E-state index is 0.955. The van der Waals surface area contributed by atoms with Crippen molar-refractivity contribution in [2.24, 2.45) is 0 Å². The Morgan fingerprint density at radius 2 is 2.00 bits per heavy atom. The van der Waals surface area contributed by atoms with Gasteiger partial charge in [0.1, 0.15) is 0 Å². The second-order valence-corrected chi connectivity index (χ2v) is 2.78. The summed E-state index contributed by atoms with van der Waals surface area (Å²) < 4.78 is 1.27. The molecule has 46 valence electrons. The topological polar surface area (TPSA) is 0 Å². The molecule has 0 saturated carbocycles. The second-order valence-electron chi connectivity index (χ2n) is 1.70. The first kappa shape index (κ1) is 8.29. The summed E-state index contributed by atoms with van der Waals surface area (Å²) in [6.07, 6.45) is 9.84. The molecule has 0 aromatic carbocycles. The van der Waals surface area contributed by atoms with Crippen LogP contribution in [0.1, 0.15) is 25.7 Å². The maximum atomic E-state index is 5.06. The van der Waals surface area contributed by atoms with Crippen molar-refractivity contribution >= 4 is 22.6 Å². The Balaban J connectivity index is 2.65. The third-order valence-electron chi connectivity index (χ3n) is 0.955. The molecule has 0 saturated heterocycles. The highest BCUT2D eigenvalue weighted by atomic mass is 127. The number of alkyl halides is 1. The minimum Gasteiger partial charge on any atom is -0.120 e. The Morgan fingerprint density at radius 1 is 1.25 bits per heavy atom. The van der Waals surface area contributed by atoms with Crippen LogP contribution in [-0.4, -0.2) is 4.43 Å². The van der Waals surface area contributed by atoms with E-state index in [1.807, 2.05) is 0 Å². The van der Waals surface area contributed by atoms with Crippen LogP contribution in [0, 0.1) is 12.3 Å². The van der Waals surface area contributed by atoms with E-state index in [2.05, 4.69) is 28.5 Å². The molecule has 0 nitrogen and oxygen atoms in total. The lowest BCUT2D eigenvalue weighted by molar-refractivity contribution is 0.748. The highest BCUT2D eigenvalue weighted by Gasteiger charge is 1.82. The fourth-order valence-corrected chi connectivity index (χ4v) is 1.04. The molecule has 0 aliphatic heterocycles. The van der Waals surface area contributed by atoms with Crippen LogP contribution in [0.4, 0.5) is 0 Å². The summed E-state index contributed by atoms with van der Waals surface area (Å²) in [4.78, 5) is 0. The summed E-state index contributed by atoms with van der Waals surface area (Å²) in [6, 6.07) is 0. The zero-order chi connectivity index (χ0) is 6.24. The van der Waals surface area contributed by atoms with Crippen LogP contribution in [0.5, 0.6) is 0 Å². The number of unbranched alkanes of at least 4 members (excludes halogenated alkanes) is 3. The van der Waals surface area contributed by atoms with Crippen LogP contribution >= 0.6 is 22.6 Å². The summed E-state index contributed by atoms with van der Waals surface area (Å²) in [5.74, 6) is 2.62. The summed E-state index contributed by atoms with van der Waals surface area (Å²) in [5.41, 5.74) is 0. The van der Waals surface area contributed by atoms with Gasteiger partial charge in [-0.1, -0.05) is 29.0 Å². The fourth-order valence-electron chi connectivity index (χ4n) is 0.498. The largest absolute Gasteiger partial charge is 0.120 e. The van der Waals surface area contributed by atoms with E-state index >= 15 is 0 Å². The lowest BCUT2D eigenvalue weighted by atomic mass is 10.2. The highest BCUT2D eigenvalue weighted by Crippen LogP contribution is 2.00. The number of hydrogen-bond donors (Lipinski definition) is 0. The fraction of sp³-hybridized carbons (Fsp3) is 0.714. The van der Waals surface area contributed by atoms with Crippen LogP contribution in [0.25, 0.3) is 0 Å². The van der Waals surface area contributed by atoms with Gasteiger partial charge in [-0.15, -0.1) is 12.3 Å². The average Bonchev–Trinajstić information content (AvgIpc) is 1.81. The van der Waals surface area contributed by atoms with Gasteiger partial charge in [-0.05, 0) is 17.3 Å². The van der Waals surface area contributed by atoms with Crippen LogP contribution in [0.15, 0.2) is 0 Å². The molecule has 0 heterocycles. The monoisotopic (exact) mass is 222 g/mol. The van der Waals surface area contributed by atoms with Gasteiger partial charge >= 0.3 is 0 Å². The normalized spacial score (nSPS) is 8.50. The third-order valence-corrected chi connectivity index (χ3v) is 1.72. The van der Waals surface area contributed by atoms with E-state index in [4.69, 9.17) is 6.42 Å². The van der Waals surface area contributed by atoms with Crippen LogP contribution in [0.2, 0.25) is 0 Å². The van der Waals surface area contributed by atoms with Gasteiger partial charge in [0.2, 0.25) is 0 Å². The highest BCUT2D eigenvalue weighted by molar-refractivity contribution is 14.1. The molecular weight excluding hydrogens is 211 g/mol. The predicted octanol–water partition coefficient (Wildman–Crippen LogP) is 2.62. The SMILES string of the molecule is C#CCCCCCI. The minimum absolute atomic E-state index is 0.955. The zero-order valence-corrected chi connectivity index (χ0v) is 7.15. The zero-order valence-electron chi connectivity index (χ0n) is 4.99. The average molecular weight is 222 g/mol. The molecule has 0 aromatic rings. The number of rotatable bonds is 4. The predicted molar refractivity (Wildman–Crippen MR) is 46.2 cm³/mol. The Kier molecular flexibility index (Phi) is 7.55. The molecule has 0 fully saturated rings. The first-order valence-corrected chi connectivity index (χ1v) is 4.44. The molecule has 0 N–H and O–H groups in total. The second kappa shape index (κ2) is 7.29. The van der Waals surface area contributed by atoms with Gasteiger partial charge in [0.05, 0.1) is 0 Å². The van der Waals surface area contributed by atoms with Gasteiger partial charge < -0.3 is 0 Å². The maximum absolute atomic E-state index is 5.06. The summed E-state index contributed by atoms with van der Waals surface area (Å²) in [5, 5.41) is 0. The van der Waals surface area contributed by atoms with E-state index < -0.39 is 0 Å². The quantitative estimate of drug-likeness (QED) is 0.297. The molecular formula is C7H11I. The Morgan fingerprint density at radius 3 is 2.50 bits per heavy atom. The van der Waals surface area contributed by atoms with Crippen molar-refractivity contribution in [3.63, 3.8) is 0 Å². The first-order chi connectivity index (χ1) is 3.91. The first-order valence-electron chi connectivity index (χ1n) is 2.91. The third kappa shape index (κ3) is 6.29. The van der Waals surface area contributed by atoms with Gasteiger partial charge in [0.25, 0.3) is 0 Å². The molecule has 0 spiro atoms. The van der Waals surface area contributed by atoms with Gasteiger partial charge in [-0.2, -0.15) is 0 Å². The summed E-state index contributed by atoms with van der Waals surface area (Å²) in [7, 11) is 0. The molecule has 0 atom stereocenters. The van der Waals surface area contributed by atoms with Crippen molar-refractivity contribution in [3.05, 3.63) is 0 Å². The molecule has 8 heavy (non-hydrogen) atoms. The molecule has 0 bridgehead atoms. The van der Waals surface area contributed by atoms with Crippen molar-refractivity contribution in [1.82, 2.24) is 0 Å². The van der Waals surface area contributed by atoms with E-state index in [1.54, 1.807) is 0 Å². The summed E-state index contributed by atoms with van der Waals surface area (Å²) >= 11 is 2.39.